The second-order valence-electron chi connectivity index (χ2n) is 21.2. The summed E-state index contributed by atoms with van der Waals surface area (Å²) >= 11 is 11.9. The first-order valence-corrected chi connectivity index (χ1v) is 30.3. The van der Waals surface area contributed by atoms with Gasteiger partial charge < -0.3 is 37.9 Å². The lowest BCUT2D eigenvalue weighted by Crippen LogP contribution is -2.32. The van der Waals surface area contributed by atoms with Gasteiger partial charge in [-0.15, -0.1) is 20.4 Å². The lowest BCUT2D eigenvalue weighted by Gasteiger charge is -2.25. The molecule has 0 amide bonds. The molecule has 2 saturated heterocycles. The maximum atomic E-state index is 14.0. The Kier molecular flexibility index (Phi) is 19.9. The summed E-state index contributed by atoms with van der Waals surface area (Å²) in [5.41, 5.74) is 0.282. The Bertz CT molecular complexity index is 3030. The molecular weight excluding hydrogens is 1120 g/mol. The average molecular weight is 1190 g/mol. The van der Waals surface area contributed by atoms with Crippen LogP contribution in [0.5, 0.6) is 23.0 Å². The highest BCUT2D eigenvalue weighted by Gasteiger charge is 2.42. The Morgan fingerprint density at radius 2 is 0.863 bits per heavy atom. The molecule has 0 unspecified atom stereocenters. The van der Waals surface area contributed by atoms with E-state index in [1.807, 2.05) is 55.4 Å². The van der Waals surface area contributed by atoms with Gasteiger partial charge in [0.05, 0.1) is 72.4 Å². The van der Waals surface area contributed by atoms with E-state index in [0.717, 1.165) is 12.8 Å². The lowest BCUT2D eigenvalue weighted by molar-refractivity contribution is -0.0210. The average Bonchev–Trinajstić information content (AvgIpc) is 4.21. The second-order valence-corrected chi connectivity index (χ2v) is 26.8. The van der Waals surface area contributed by atoms with Crippen LogP contribution in [-0.2, 0) is 50.1 Å². The summed E-state index contributed by atoms with van der Waals surface area (Å²) in [7, 11) is -1.66. The molecule has 2 fully saturated rings. The van der Waals surface area contributed by atoms with Gasteiger partial charge in [-0.05, 0) is 119 Å². The smallest absolute Gasteiger partial charge is 0.167 e. The van der Waals surface area contributed by atoms with Crippen molar-refractivity contribution in [1.29, 1.82) is 0 Å². The summed E-state index contributed by atoms with van der Waals surface area (Å²) in [5.74, 6) is 2.79. The van der Waals surface area contributed by atoms with Crippen molar-refractivity contribution in [3.05, 3.63) is 106 Å². The van der Waals surface area contributed by atoms with Gasteiger partial charge in [0.1, 0.15) is 70.3 Å². The van der Waals surface area contributed by atoms with Gasteiger partial charge in [-0.2, -0.15) is 0 Å². The zero-order valence-electron chi connectivity index (χ0n) is 47.6. The highest BCUT2D eigenvalue weighted by atomic mass is 35.5. The van der Waals surface area contributed by atoms with Crippen molar-refractivity contribution in [2.24, 2.45) is 0 Å². The van der Waals surface area contributed by atoms with Crippen LogP contribution < -0.4 is 18.9 Å². The topological polar surface area (TPSA) is 255 Å². The van der Waals surface area contributed by atoms with Gasteiger partial charge in [0.2, 0.25) is 0 Å². The quantitative estimate of drug-likeness (QED) is 0.0613. The number of methoxy groups -OCH3 is 4. The van der Waals surface area contributed by atoms with Gasteiger partial charge in [0.15, 0.2) is 54.6 Å². The minimum absolute atomic E-state index is 0.193. The molecule has 80 heavy (non-hydrogen) atoms. The number of sulfone groups is 2. The van der Waals surface area contributed by atoms with E-state index in [4.69, 9.17) is 61.1 Å². The van der Waals surface area contributed by atoms with Crippen LogP contribution in [0.15, 0.2) is 61.2 Å². The first-order valence-electron chi connectivity index (χ1n) is 26.1. The van der Waals surface area contributed by atoms with E-state index in [9.17, 15) is 16.8 Å². The second kappa shape index (κ2) is 25.7. The molecule has 2 aliphatic rings. The number of aromatic nitrogens is 10. The number of rotatable bonds is 22. The van der Waals surface area contributed by atoms with Crippen molar-refractivity contribution in [3.8, 4) is 34.4 Å². The zero-order chi connectivity index (χ0) is 58.5. The van der Waals surface area contributed by atoms with Crippen LogP contribution in [0.25, 0.3) is 11.4 Å². The monoisotopic (exact) mass is 1190 g/mol. The lowest BCUT2D eigenvalue weighted by atomic mass is 10.1. The standard InChI is InChI=1S/2C27H36ClN5O6S/c2*1-16(2)38-24(25-29-13-18(28)14-30-25)17(3)40(34,35)15-22-31-32-26(21-11-12-27(4,5)39-21)33(22)23-19(36-6)9-8-10-20(23)37-7/h2*8-10,13-14,16-17,21,24H,11-12,15H2,1-7H3/t17-,21+,24+;17-,21-,24+/m00/s1. The van der Waals surface area contributed by atoms with Crippen LogP contribution in [0, 0.1) is 0 Å². The molecule has 0 spiro atoms. The molecule has 2 aliphatic heterocycles. The van der Waals surface area contributed by atoms with Gasteiger partial charge in [-0.1, -0.05) is 35.3 Å². The molecule has 436 valence electrons. The summed E-state index contributed by atoms with van der Waals surface area (Å²) in [5, 5.41) is 16.2. The van der Waals surface area contributed by atoms with Crippen LogP contribution >= 0.6 is 23.2 Å². The third-order valence-electron chi connectivity index (χ3n) is 13.6. The van der Waals surface area contributed by atoms with Crippen molar-refractivity contribution >= 4 is 42.9 Å². The normalized spacial score (nSPS) is 18.6. The van der Waals surface area contributed by atoms with Crippen LogP contribution in [0.2, 0.25) is 10.0 Å². The third-order valence-corrected chi connectivity index (χ3v) is 18.0. The van der Waals surface area contributed by atoms with E-state index in [1.54, 1.807) is 59.4 Å². The Morgan fingerprint density at radius 3 is 1.12 bits per heavy atom. The number of hydrogen-bond acceptors (Lipinski definition) is 20. The van der Waals surface area contributed by atoms with Crippen LogP contribution in [0.1, 0.15) is 154 Å². The van der Waals surface area contributed by atoms with Crippen molar-refractivity contribution in [2.75, 3.05) is 28.4 Å². The highest BCUT2D eigenvalue weighted by Crippen LogP contribution is 2.44. The molecule has 22 nitrogen and oxygen atoms in total. The first-order chi connectivity index (χ1) is 37.7. The number of nitrogens with zero attached hydrogens (tertiary/aromatic N) is 10. The fourth-order valence-electron chi connectivity index (χ4n) is 9.47. The van der Waals surface area contributed by atoms with Crippen molar-refractivity contribution in [2.45, 2.75) is 165 Å². The first kappa shape index (κ1) is 62.0. The van der Waals surface area contributed by atoms with Gasteiger partial charge >= 0.3 is 0 Å². The van der Waals surface area contributed by atoms with Gasteiger partial charge in [0.25, 0.3) is 0 Å². The number of ether oxygens (including phenoxy) is 8. The molecule has 2 aromatic carbocycles. The largest absolute Gasteiger partial charge is 0.494 e. The van der Waals surface area contributed by atoms with Crippen LogP contribution in [0.4, 0.5) is 0 Å². The predicted molar refractivity (Wildman–Crippen MR) is 299 cm³/mol. The molecular formula is C54H72Cl2N10O12S2. The van der Waals surface area contributed by atoms with Crippen molar-refractivity contribution < 1.29 is 54.7 Å². The molecule has 6 heterocycles. The molecule has 0 saturated carbocycles. The van der Waals surface area contributed by atoms with E-state index in [0.29, 0.717) is 68.9 Å². The molecule has 6 atom stereocenters. The predicted octanol–water partition coefficient (Wildman–Crippen LogP) is 9.66. The maximum absolute atomic E-state index is 14.0. The molecule has 0 N–H and O–H groups in total. The zero-order valence-corrected chi connectivity index (χ0v) is 50.7. The molecule has 4 aromatic heterocycles. The summed E-state index contributed by atoms with van der Waals surface area (Å²) in [4.78, 5) is 17.0. The van der Waals surface area contributed by atoms with Crippen LogP contribution in [0.3, 0.4) is 0 Å². The third kappa shape index (κ3) is 14.3. The Labute approximate surface area is 478 Å². The maximum Gasteiger partial charge on any atom is 0.167 e. The molecule has 6 aromatic rings. The fraction of sp³-hybridized carbons (Fsp3) is 0.556. The Balaban J connectivity index is 0.000000231. The fourth-order valence-corrected chi connectivity index (χ4v) is 12.4. The molecule has 0 bridgehead atoms. The molecule has 0 aliphatic carbocycles. The number of halogens is 2. The summed E-state index contributed by atoms with van der Waals surface area (Å²) in [6, 6.07) is 10.7. The van der Waals surface area contributed by atoms with Crippen molar-refractivity contribution in [3.63, 3.8) is 0 Å². The van der Waals surface area contributed by atoms with Gasteiger partial charge in [-0.25, -0.2) is 36.8 Å². The summed E-state index contributed by atoms with van der Waals surface area (Å²) in [6.45, 7) is 18.5. The SMILES string of the molecule is COc1cccc(OC)c1-n1c(CS(=O)(=O)[C@@H](C)[C@@H](OC(C)C)c2ncc(Cl)cn2)nnc1[C@@H]1CCC(C)(C)O1.COc1cccc(OC)c1-n1c(CS(=O)(=O)[C@@H](C)[C@@H](OC(C)C)c2ncc(Cl)cn2)nnc1[C@H]1CCC(C)(C)O1. The minimum atomic E-state index is -3.90. The van der Waals surface area contributed by atoms with E-state index < -0.39 is 66.1 Å². The van der Waals surface area contributed by atoms with E-state index in [-0.39, 0.29) is 46.7 Å². The molecule has 26 heteroatoms. The van der Waals surface area contributed by atoms with E-state index in [2.05, 4.69) is 40.3 Å². The summed E-state index contributed by atoms with van der Waals surface area (Å²) in [6.07, 6.45) is 5.47. The Morgan fingerprint density at radius 1 is 0.550 bits per heavy atom. The molecule has 0 radical (unpaired) electrons. The highest BCUT2D eigenvalue weighted by molar-refractivity contribution is 7.91. The summed E-state index contributed by atoms with van der Waals surface area (Å²) < 4.78 is 106. The van der Waals surface area contributed by atoms with Gasteiger partial charge in [-0.3, -0.25) is 9.13 Å². The van der Waals surface area contributed by atoms with Crippen LogP contribution in [-0.4, -0.2) is 129 Å². The number of benzene rings is 2. The minimum Gasteiger partial charge on any atom is -0.494 e. The van der Waals surface area contributed by atoms with Gasteiger partial charge in [0, 0.05) is 24.8 Å². The number of hydrogen-bond donors (Lipinski definition) is 0. The number of para-hydroxylation sites is 2. The Hall–Kier alpha value is -5.60. The van der Waals surface area contributed by atoms with Crippen molar-refractivity contribution in [1.82, 2.24) is 49.5 Å². The van der Waals surface area contributed by atoms with E-state index in [1.165, 1.54) is 53.2 Å². The molecule has 8 rings (SSSR count). The van der Waals surface area contributed by atoms with E-state index >= 15 is 0 Å².